The smallest absolute Gasteiger partial charge is 0.221 e. The molecule has 0 atom stereocenters. The summed E-state index contributed by atoms with van der Waals surface area (Å²) >= 11 is 0. The van der Waals surface area contributed by atoms with Crippen LogP contribution in [0.2, 0.25) is 0 Å². The Morgan fingerprint density at radius 3 is 2.88 bits per heavy atom. The number of nitrogens with two attached hydrogens (primary N) is 1. The molecule has 0 saturated heterocycles. The minimum absolute atomic E-state index is 0.00605. The summed E-state index contributed by atoms with van der Waals surface area (Å²) in [6.07, 6.45) is 1.85. The van der Waals surface area contributed by atoms with Crippen LogP contribution in [0.1, 0.15) is 12.0 Å². The second kappa shape index (κ2) is 5.29. The molecule has 6 nitrogen and oxygen atoms in total. The van der Waals surface area contributed by atoms with Gasteiger partial charge < -0.3 is 16.0 Å². The van der Waals surface area contributed by atoms with Crippen LogP contribution in [0.25, 0.3) is 0 Å². The number of anilines is 2. The summed E-state index contributed by atoms with van der Waals surface area (Å²) < 4.78 is 0. The van der Waals surface area contributed by atoms with Crippen molar-refractivity contribution in [2.45, 2.75) is 13.3 Å². The topological polar surface area (TPSA) is 84.1 Å². The molecule has 0 aromatic carbocycles. The fourth-order valence-electron chi connectivity index (χ4n) is 1.34. The largest absolute Gasteiger partial charge is 0.383 e. The molecule has 0 aliphatic rings. The molecule has 6 heteroatoms. The molecule has 0 aliphatic carbocycles. The molecule has 1 aromatic rings. The van der Waals surface area contributed by atoms with Crippen LogP contribution in [0.4, 0.5) is 11.6 Å². The third-order valence-electron chi connectivity index (χ3n) is 2.41. The molecule has 1 aromatic heterocycles. The van der Waals surface area contributed by atoms with Crippen molar-refractivity contribution in [2.75, 3.05) is 31.3 Å². The standard InChI is InChI=1S/C10H17N5O/c1-7-9(11)13-6-14-10(7)15(3)5-4-8(16)12-2/h6H,4-5H2,1-3H3,(H,12,16)(H2,11,13,14). The highest BCUT2D eigenvalue weighted by Gasteiger charge is 2.10. The normalized spacial score (nSPS) is 9.94. The van der Waals surface area contributed by atoms with Gasteiger partial charge in [0.15, 0.2) is 0 Å². The minimum Gasteiger partial charge on any atom is -0.383 e. The molecule has 0 bridgehead atoms. The number of rotatable bonds is 4. The van der Waals surface area contributed by atoms with Crippen molar-refractivity contribution < 1.29 is 4.79 Å². The van der Waals surface area contributed by atoms with E-state index in [2.05, 4.69) is 15.3 Å². The molecule has 0 spiro atoms. The van der Waals surface area contributed by atoms with Crippen molar-refractivity contribution in [2.24, 2.45) is 0 Å². The molecular weight excluding hydrogens is 206 g/mol. The first-order valence-corrected chi connectivity index (χ1v) is 5.05. The summed E-state index contributed by atoms with van der Waals surface area (Å²) in [7, 11) is 3.49. The molecule has 0 aliphatic heterocycles. The van der Waals surface area contributed by atoms with Gasteiger partial charge in [-0.25, -0.2) is 9.97 Å². The van der Waals surface area contributed by atoms with Gasteiger partial charge in [0.2, 0.25) is 5.91 Å². The molecule has 1 rings (SSSR count). The SMILES string of the molecule is CNC(=O)CCN(C)c1ncnc(N)c1C. The molecule has 0 unspecified atom stereocenters. The molecular formula is C10H17N5O. The first-order valence-electron chi connectivity index (χ1n) is 5.05. The van der Waals surface area contributed by atoms with Crippen LogP contribution >= 0.6 is 0 Å². The van der Waals surface area contributed by atoms with Gasteiger partial charge in [-0.2, -0.15) is 0 Å². The number of aromatic nitrogens is 2. The highest BCUT2D eigenvalue weighted by molar-refractivity contribution is 5.76. The molecule has 1 heterocycles. The van der Waals surface area contributed by atoms with Gasteiger partial charge in [0.25, 0.3) is 0 Å². The van der Waals surface area contributed by atoms with Gasteiger partial charge in [-0.3, -0.25) is 4.79 Å². The van der Waals surface area contributed by atoms with Gasteiger partial charge in [0, 0.05) is 32.6 Å². The molecule has 88 valence electrons. The predicted molar refractivity (Wildman–Crippen MR) is 63.1 cm³/mol. The average molecular weight is 223 g/mol. The van der Waals surface area contributed by atoms with Gasteiger partial charge >= 0.3 is 0 Å². The van der Waals surface area contributed by atoms with Crippen molar-refractivity contribution in [3.8, 4) is 0 Å². The number of amides is 1. The summed E-state index contributed by atoms with van der Waals surface area (Å²) in [4.78, 5) is 21.0. The fraction of sp³-hybridized carbons (Fsp3) is 0.500. The van der Waals surface area contributed by atoms with Crippen LogP contribution < -0.4 is 16.0 Å². The Labute approximate surface area is 94.9 Å². The van der Waals surface area contributed by atoms with Gasteiger partial charge in [-0.05, 0) is 6.92 Å². The number of nitrogen functional groups attached to an aromatic ring is 1. The third-order valence-corrected chi connectivity index (χ3v) is 2.41. The zero-order valence-corrected chi connectivity index (χ0v) is 9.82. The lowest BCUT2D eigenvalue weighted by Crippen LogP contribution is -2.27. The Morgan fingerprint density at radius 1 is 1.56 bits per heavy atom. The van der Waals surface area contributed by atoms with E-state index in [0.717, 1.165) is 11.4 Å². The Morgan fingerprint density at radius 2 is 2.25 bits per heavy atom. The van der Waals surface area contributed by atoms with Crippen molar-refractivity contribution in [1.82, 2.24) is 15.3 Å². The maximum absolute atomic E-state index is 11.1. The van der Waals surface area contributed by atoms with Crippen molar-refractivity contribution in [3.05, 3.63) is 11.9 Å². The van der Waals surface area contributed by atoms with E-state index in [1.807, 2.05) is 18.9 Å². The number of hydrogen-bond donors (Lipinski definition) is 2. The van der Waals surface area contributed by atoms with Crippen LogP contribution in [0, 0.1) is 6.92 Å². The van der Waals surface area contributed by atoms with E-state index in [4.69, 9.17) is 5.73 Å². The molecule has 0 radical (unpaired) electrons. The number of nitrogens with one attached hydrogen (secondary N) is 1. The number of carbonyl (C=O) groups excluding carboxylic acids is 1. The van der Waals surface area contributed by atoms with E-state index in [1.54, 1.807) is 7.05 Å². The first kappa shape index (κ1) is 12.2. The van der Waals surface area contributed by atoms with E-state index in [1.165, 1.54) is 6.33 Å². The summed E-state index contributed by atoms with van der Waals surface area (Å²) in [6.45, 7) is 2.46. The maximum Gasteiger partial charge on any atom is 0.221 e. The Hall–Kier alpha value is -1.85. The predicted octanol–water partition coefficient (Wildman–Crippen LogP) is -0.0605. The second-order valence-corrected chi connectivity index (χ2v) is 3.55. The molecule has 0 fully saturated rings. The Bertz CT molecular complexity index is 379. The summed E-state index contributed by atoms with van der Waals surface area (Å²) in [5.74, 6) is 1.24. The van der Waals surface area contributed by atoms with Crippen molar-refractivity contribution in [1.29, 1.82) is 0 Å². The third kappa shape index (κ3) is 2.82. The lowest BCUT2D eigenvalue weighted by molar-refractivity contribution is -0.120. The van der Waals surface area contributed by atoms with Crippen LogP contribution in [0.5, 0.6) is 0 Å². The van der Waals surface area contributed by atoms with E-state index < -0.39 is 0 Å². The van der Waals surface area contributed by atoms with Crippen LogP contribution in [-0.4, -0.2) is 36.5 Å². The van der Waals surface area contributed by atoms with E-state index in [-0.39, 0.29) is 5.91 Å². The number of carbonyl (C=O) groups is 1. The molecule has 0 saturated carbocycles. The van der Waals surface area contributed by atoms with Crippen LogP contribution in [-0.2, 0) is 4.79 Å². The average Bonchev–Trinajstić information content (AvgIpc) is 2.29. The van der Waals surface area contributed by atoms with E-state index >= 15 is 0 Å². The zero-order chi connectivity index (χ0) is 12.1. The van der Waals surface area contributed by atoms with Crippen LogP contribution in [0.3, 0.4) is 0 Å². The van der Waals surface area contributed by atoms with Gasteiger partial charge in [0.05, 0.1) is 0 Å². The Kier molecular flexibility index (Phi) is 4.04. The first-order chi connectivity index (χ1) is 7.56. The highest BCUT2D eigenvalue weighted by atomic mass is 16.1. The quantitative estimate of drug-likeness (QED) is 0.747. The van der Waals surface area contributed by atoms with E-state index in [9.17, 15) is 4.79 Å². The van der Waals surface area contributed by atoms with Gasteiger partial charge in [-0.15, -0.1) is 0 Å². The Balaban J connectivity index is 2.69. The molecule has 16 heavy (non-hydrogen) atoms. The molecule has 1 amide bonds. The van der Waals surface area contributed by atoms with E-state index in [0.29, 0.717) is 18.8 Å². The summed E-state index contributed by atoms with van der Waals surface area (Å²) in [5.41, 5.74) is 6.52. The number of hydrogen-bond acceptors (Lipinski definition) is 5. The lowest BCUT2D eigenvalue weighted by atomic mass is 10.3. The lowest BCUT2D eigenvalue weighted by Gasteiger charge is -2.19. The van der Waals surface area contributed by atoms with Gasteiger partial charge in [-0.1, -0.05) is 0 Å². The fourth-order valence-corrected chi connectivity index (χ4v) is 1.34. The van der Waals surface area contributed by atoms with Crippen LogP contribution in [0.15, 0.2) is 6.33 Å². The molecule has 3 N–H and O–H groups in total. The second-order valence-electron chi connectivity index (χ2n) is 3.55. The van der Waals surface area contributed by atoms with Gasteiger partial charge in [0.1, 0.15) is 18.0 Å². The summed E-state index contributed by atoms with van der Waals surface area (Å²) in [6, 6.07) is 0. The highest BCUT2D eigenvalue weighted by Crippen LogP contribution is 2.18. The summed E-state index contributed by atoms with van der Waals surface area (Å²) in [5, 5.41) is 2.57. The monoisotopic (exact) mass is 223 g/mol. The zero-order valence-electron chi connectivity index (χ0n) is 9.82. The van der Waals surface area contributed by atoms with Crippen molar-refractivity contribution in [3.63, 3.8) is 0 Å². The minimum atomic E-state index is 0.00605. The number of nitrogens with zero attached hydrogens (tertiary/aromatic N) is 3. The van der Waals surface area contributed by atoms with Crippen molar-refractivity contribution >= 4 is 17.5 Å². The maximum atomic E-state index is 11.1.